The van der Waals surface area contributed by atoms with Crippen LogP contribution in [-0.2, 0) is 42.3 Å². The average Bonchev–Trinajstić information content (AvgIpc) is 4.05. The second kappa shape index (κ2) is 27.5. The molecule has 2 aliphatic heterocycles. The van der Waals surface area contributed by atoms with Crippen molar-refractivity contribution in [3.05, 3.63) is 108 Å². The Kier molecular flexibility index (Phi) is 20.6. The lowest BCUT2D eigenvalue weighted by Gasteiger charge is -2.20. The predicted octanol–water partition coefficient (Wildman–Crippen LogP) is 15.7. The molecule has 5 aromatic carbocycles. The fraction of sp³-hybridized carbons (Fsp3) is 0.475. The van der Waals surface area contributed by atoms with Gasteiger partial charge in [-0.2, -0.15) is 0 Å². The average molecular weight is 1070 g/mol. The van der Waals surface area contributed by atoms with Gasteiger partial charge in [-0.1, -0.05) is 153 Å². The molecule has 12 nitrogen and oxygen atoms in total. The zero-order chi connectivity index (χ0) is 51.8. The Balaban J connectivity index is 0.983. The van der Waals surface area contributed by atoms with Crippen LogP contribution in [0, 0.1) is 0 Å². The van der Waals surface area contributed by atoms with Gasteiger partial charge < -0.3 is 9.80 Å². The summed E-state index contributed by atoms with van der Waals surface area (Å²) in [5, 5.41) is 14.9. The van der Waals surface area contributed by atoms with Crippen LogP contribution in [0.2, 0.25) is 0 Å². The molecule has 0 saturated heterocycles. The highest BCUT2D eigenvalue weighted by atomic mass is 32.2. The molecule has 0 atom stereocenters. The lowest BCUT2D eigenvalue weighted by molar-refractivity contribution is -0.432. The summed E-state index contributed by atoms with van der Waals surface area (Å²) in [6.07, 6.45) is 25.3. The zero-order valence-corrected chi connectivity index (χ0v) is 46.0. The SMILES string of the molecule is CCCCCCCCCCCCNS(=O)(=O)c1ccc2c(c1)CCN2c1ccc2c(-c3ccccc3SOOO)c3ccc(N4CCc5cc(S(=O)(=O)NCCCCCCCCCCCC)ccc54)cc3[o+]c2c1. The van der Waals surface area contributed by atoms with E-state index in [1.807, 2.05) is 60.7 Å². The summed E-state index contributed by atoms with van der Waals surface area (Å²) in [6.45, 7) is 6.69. The summed E-state index contributed by atoms with van der Waals surface area (Å²) in [7, 11) is -7.31. The molecule has 15 heteroatoms. The van der Waals surface area contributed by atoms with Gasteiger partial charge in [-0.25, -0.2) is 36.0 Å². The molecule has 0 saturated carbocycles. The van der Waals surface area contributed by atoms with Gasteiger partial charge in [-0.05, 0) is 109 Å². The molecule has 0 aliphatic carbocycles. The van der Waals surface area contributed by atoms with Gasteiger partial charge in [0.15, 0.2) is 0 Å². The minimum absolute atomic E-state index is 0.288. The molecule has 2 aliphatic rings. The van der Waals surface area contributed by atoms with E-state index in [0.717, 1.165) is 111 Å². The first-order valence-electron chi connectivity index (χ1n) is 27.5. The highest BCUT2D eigenvalue weighted by Gasteiger charge is 2.30. The van der Waals surface area contributed by atoms with E-state index in [0.29, 0.717) is 50.2 Å². The number of unbranched alkanes of at least 4 members (excludes halogenated alkanes) is 18. The largest absolute Gasteiger partial charge is 0.363 e. The van der Waals surface area contributed by atoms with Crippen molar-refractivity contribution in [3.8, 4) is 11.1 Å². The van der Waals surface area contributed by atoms with Crippen molar-refractivity contribution in [3.63, 3.8) is 0 Å². The number of nitrogens with one attached hydrogen (secondary N) is 2. The second-order valence-corrected chi connectivity index (χ2v) is 24.4. The number of anilines is 4. The monoisotopic (exact) mass is 1070 g/mol. The molecule has 1 aromatic heterocycles. The third kappa shape index (κ3) is 14.3. The number of fused-ring (bicyclic) bond motifs is 4. The maximum Gasteiger partial charge on any atom is 0.363 e. The van der Waals surface area contributed by atoms with Crippen molar-refractivity contribution in [1.29, 1.82) is 0 Å². The van der Waals surface area contributed by atoms with E-state index in [2.05, 4.69) is 62.4 Å². The van der Waals surface area contributed by atoms with E-state index in [9.17, 15) is 16.8 Å². The van der Waals surface area contributed by atoms with Crippen molar-refractivity contribution in [2.75, 3.05) is 36.0 Å². The highest BCUT2D eigenvalue weighted by Crippen LogP contribution is 2.45. The topological polar surface area (TPSA) is 149 Å². The molecule has 0 fully saturated rings. The van der Waals surface area contributed by atoms with Gasteiger partial charge in [0, 0.05) is 48.0 Å². The van der Waals surface area contributed by atoms with E-state index in [-0.39, 0.29) is 9.79 Å². The molecule has 0 amide bonds. The Bertz CT molecular complexity index is 2850. The number of rotatable bonds is 32. The first kappa shape index (κ1) is 55.6. The van der Waals surface area contributed by atoms with Crippen molar-refractivity contribution < 1.29 is 35.9 Å². The van der Waals surface area contributed by atoms with Gasteiger partial charge in [0.05, 0.1) is 56.1 Å². The smallest absolute Gasteiger partial charge is 0.341 e. The number of sulfonamides is 2. The lowest BCUT2D eigenvalue weighted by atomic mass is 9.96. The molecular weight excluding hydrogens is 989 g/mol. The molecule has 6 aromatic rings. The van der Waals surface area contributed by atoms with E-state index in [1.54, 1.807) is 12.1 Å². The Hall–Kier alpha value is -4.58. The fourth-order valence-corrected chi connectivity index (χ4v) is 13.5. The van der Waals surface area contributed by atoms with Crippen molar-refractivity contribution in [1.82, 2.24) is 9.44 Å². The summed E-state index contributed by atoms with van der Waals surface area (Å²) < 4.78 is 71.3. The molecular formula is C59H77N4O8S3+. The maximum absolute atomic E-state index is 13.4. The first-order valence-corrected chi connectivity index (χ1v) is 31.2. The minimum Gasteiger partial charge on any atom is -0.341 e. The summed E-state index contributed by atoms with van der Waals surface area (Å²) >= 11 is 0.904. The first-order chi connectivity index (χ1) is 36.1. The van der Waals surface area contributed by atoms with Crippen LogP contribution in [0.4, 0.5) is 22.7 Å². The van der Waals surface area contributed by atoms with Crippen molar-refractivity contribution in [2.24, 2.45) is 0 Å². The molecule has 3 N–H and O–H groups in total. The normalized spacial score (nSPS) is 13.7. The van der Waals surface area contributed by atoms with E-state index in [1.165, 1.54) is 89.9 Å². The summed E-state index contributed by atoms with van der Waals surface area (Å²) in [5.41, 5.74) is 8.73. The molecule has 8 rings (SSSR count). The van der Waals surface area contributed by atoms with Gasteiger partial charge in [0.1, 0.15) is 0 Å². The highest BCUT2D eigenvalue weighted by molar-refractivity contribution is 7.94. The molecule has 398 valence electrons. The summed E-state index contributed by atoms with van der Waals surface area (Å²) in [5.74, 6) is 0. The molecule has 74 heavy (non-hydrogen) atoms. The third-order valence-corrected chi connectivity index (χ3v) is 18.4. The maximum atomic E-state index is 13.4. The number of hydrogen-bond donors (Lipinski definition) is 3. The van der Waals surface area contributed by atoms with Crippen molar-refractivity contribution >= 4 is 76.8 Å². The van der Waals surface area contributed by atoms with Crippen molar-refractivity contribution in [2.45, 2.75) is 170 Å². The van der Waals surface area contributed by atoms with Crippen LogP contribution in [0.1, 0.15) is 153 Å². The summed E-state index contributed by atoms with van der Waals surface area (Å²) in [4.78, 5) is 5.71. The number of hydrogen-bond acceptors (Lipinski definition) is 10. The van der Waals surface area contributed by atoms with E-state index >= 15 is 0 Å². The van der Waals surface area contributed by atoms with Gasteiger partial charge in [0.2, 0.25) is 20.0 Å². The molecule has 0 radical (unpaired) electrons. The van der Waals surface area contributed by atoms with E-state index in [4.69, 9.17) is 14.0 Å². The van der Waals surface area contributed by atoms with Gasteiger partial charge >= 0.3 is 11.2 Å². The molecule has 0 unspecified atom stereocenters. The third-order valence-electron chi connectivity index (χ3n) is 14.8. The van der Waals surface area contributed by atoms with Crippen LogP contribution in [-0.4, -0.2) is 48.3 Å². The Morgan fingerprint density at radius 2 is 0.973 bits per heavy atom. The van der Waals surface area contributed by atoms with Crippen LogP contribution < -0.4 is 19.2 Å². The fourth-order valence-electron chi connectivity index (χ4n) is 10.7. The quantitative estimate of drug-likeness (QED) is 0.00925. The minimum atomic E-state index is -3.65. The lowest BCUT2D eigenvalue weighted by Crippen LogP contribution is -2.24. The van der Waals surface area contributed by atoms with Crippen LogP contribution in [0.5, 0.6) is 0 Å². The molecule has 0 bridgehead atoms. The van der Waals surface area contributed by atoms with Crippen LogP contribution in [0.15, 0.2) is 116 Å². The molecule has 3 heterocycles. The Morgan fingerprint density at radius 3 is 1.42 bits per heavy atom. The van der Waals surface area contributed by atoms with Gasteiger partial charge in [-0.15, -0.1) is 4.33 Å². The van der Waals surface area contributed by atoms with Gasteiger partial charge in [0.25, 0.3) is 0 Å². The Morgan fingerprint density at radius 1 is 0.541 bits per heavy atom. The van der Waals surface area contributed by atoms with Crippen LogP contribution >= 0.6 is 12.0 Å². The van der Waals surface area contributed by atoms with E-state index < -0.39 is 20.0 Å². The summed E-state index contributed by atoms with van der Waals surface area (Å²) in [6, 6.07) is 31.0. The Labute approximate surface area is 444 Å². The zero-order valence-electron chi connectivity index (χ0n) is 43.5. The predicted molar refractivity (Wildman–Crippen MR) is 303 cm³/mol. The molecule has 0 spiro atoms. The number of nitrogens with zero attached hydrogens (tertiary/aromatic N) is 2. The standard InChI is InChI=1S/C59H76N4O8S3/c1-3-5-7-9-11-13-15-17-19-23-37-60-73(65,66)49-29-33-54-45(41-49)35-39-62(54)47-27-31-51-56(43-47)69-57-44-48(28-32-52(57)59(51)53-25-21-22-26-58(53)72-71-70-64)63-40-36-46-42-50(30-34-55(46)63)74(67,68)61-38-24-20-18-16-14-12-10-8-6-4-2/h21-22,25-34,41-44,60-61H,3-20,23-24,35-40H2,1-2H3/p+1. The van der Waals surface area contributed by atoms with Crippen LogP contribution in [0.3, 0.4) is 0 Å². The number of benzene rings is 5. The second-order valence-electron chi connectivity index (χ2n) is 20.1. The van der Waals surface area contributed by atoms with Gasteiger partial charge in [-0.3, -0.25) is 0 Å². The van der Waals surface area contributed by atoms with Crippen LogP contribution in [0.25, 0.3) is 33.1 Å².